The topological polar surface area (TPSA) is 55.6 Å². The average Bonchev–Trinajstić information content (AvgIpc) is 2.56. The van der Waals surface area contributed by atoms with Gasteiger partial charge in [-0.15, -0.1) is 0 Å². The van der Waals surface area contributed by atoms with Gasteiger partial charge in [-0.3, -0.25) is 4.79 Å². The molecule has 0 aromatic heterocycles. The maximum atomic E-state index is 13.4. The number of fused-ring (bicyclic) bond motifs is 1. The van der Waals surface area contributed by atoms with Crippen LogP contribution in [-0.4, -0.2) is 36.1 Å². The van der Waals surface area contributed by atoms with Crippen LogP contribution >= 0.6 is 0 Å². The van der Waals surface area contributed by atoms with Crippen LogP contribution in [0.1, 0.15) is 32.3 Å². The molecule has 1 saturated carbocycles. The minimum atomic E-state index is -0.995. The maximum absolute atomic E-state index is 13.4. The van der Waals surface area contributed by atoms with E-state index in [4.69, 9.17) is 10.5 Å². The molecule has 24 heavy (non-hydrogen) atoms. The first-order valence-electron chi connectivity index (χ1n) is 8.29. The molecule has 1 aromatic carbocycles. The van der Waals surface area contributed by atoms with Crippen molar-refractivity contribution >= 4 is 5.91 Å². The highest BCUT2D eigenvalue weighted by atomic mass is 19.2. The molecule has 1 aromatic rings. The number of halogens is 2. The van der Waals surface area contributed by atoms with Crippen LogP contribution < -0.4 is 5.73 Å². The Balaban J connectivity index is 1.78. The van der Waals surface area contributed by atoms with Crippen LogP contribution in [0.25, 0.3) is 0 Å². The lowest BCUT2D eigenvalue weighted by molar-refractivity contribution is -0.229. The summed E-state index contributed by atoms with van der Waals surface area (Å²) in [6.07, 6.45) is 1.77. The van der Waals surface area contributed by atoms with E-state index in [1.807, 2.05) is 13.8 Å². The Bertz CT molecular complexity index is 664. The number of benzene rings is 1. The van der Waals surface area contributed by atoms with Gasteiger partial charge in [-0.25, -0.2) is 8.78 Å². The molecule has 4 nitrogen and oxygen atoms in total. The van der Waals surface area contributed by atoms with Crippen molar-refractivity contribution in [2.75, 3.05) is 13.7 Å². The number of ether oxygens (including phenoxy) is 1. The van der Waals surface area contributed by atoms with Crippen LogP contribution in [0.4, 0.5) is 8.78 Å². The van der Waals surface area contributed by atoms with Crippen molar-refractivity contribution in [1.29, 1.82) is 0 Å². The summed E-state index contributed by atoms with van der Waals surface area (Å²) in [5.74, 6) is -1.99. The number of hydrogen-bond donors (Lipinski definition) is 1. The lowest BCUT2D eigenvalue weighted by Crippen LogP contribution is -2.82. The predicted molar refractivity (Wildman–Crippen MR) is 86.0 cm³/mol. The van der Waals surface area contributed by atoms with Crippen LogP contribution in [0.15, 0.2) is 18.2 Å². The second-order valence-electron chi connectivity index (χ2n) is 7.54. The van der Waals surface area contributed by atoms with Crippen molar-refractivity contribution in [2.45, 2.75) is 44.9 Å². The second kappa shape index (κ2) is 5.77. The van der Waals surface area contributed by atoms with Crippen LogP contribution in [0.5, 0.6) is 0 Å². The molecule has 1 saturated heterocycles. The molecule has 0 radical (unpaired) electrons. The van der Waals surface area contributed by atoms with Crippen molar-refractivity contribution in [3.8, 4) is 0 Å². The molecule has 0 spiro atoms. The van der Waals surface area contributed by atoms with Crippen molar-refractivity contribution < 1.29 is 18.3 Å². The molecule has 2 aliphatic rings. The zero-order chi connectivity index (χ0) is 17.7. The zero-order valence-electron chi connectivity index (χ0n) is 14.3. The van der Waals surface area contributed by atoms with Crippen molar-refractivity contribution in [3.63, 3.8) is 0 Å². The summed E-state index contributed by atoms with van der Waals surface area (Å²) >= 11 is 0. The normalized spacial score (nSPS) is 31.1. The number of amides is 1. The number of carbonyl (C=O) groups is 1. The third-order valence-corrected chi connectivity index (χ3v) is 5.79. The van der Waals surface area contributed by atoms with Crippen LogP contribution in [0.3, 0.4) is 0 Å². The molecule has 132 valence electrons. The Morgan fingerprint density at radius 2 is 2.08 bits per heavy atom. The van der Waals surface area contributed by atoms with Crippen molar-refractivity contribution in [1.82, 2.24) is 4.90 Å². The molecule has 3 atom stereocenters. The van der Waals surface area contributed by atoms with Gasteiger partial charge in [0.25, 0.3) is 0 Å². The first-order valence-corrected chi connectivity index (χ1v) is 8.29. The number of rotatable bonds is 3. The summed E-state index contributed by atoms with van der Waals surface area (Å²) in [5, 5.41) is 0. The summed E-state index contributed by atoms with van der Waals surface area (Å²) in [5.41, 5.74) is 5.66. The fraction of sp³-hybridized carbons (Fsp3) is 0.611. The van der Waals surface area contributed by atoms with Gasteiger partial charge in [0.2, 0.25) is 5.91 Å². The number of hydrogen-bond acceptors (Lipinski definition) is 3. The molecule has 3 unspecified atom stereocenters. The van der Waals surface area contributed by atoms with E-state index in [1.165, 1.54) is 11.0 Å². The van der Waals surface area contributed by atoms with E-state index in [9.17, 15) is 13.6 Å². The quantitative estimate of drug-likeness (QED) is 0.921. The fourth-order valence-corrected chi connectivity index (χ4v) is 4.31. The van der Waals surface area contributed by atoms with Gasteiger partial charge in [0.15, 0.2) is 11.6 Å². The zero-order valence-corrected chi connectivity index (χ0v) is 14.3. The van der Waals surface area contributed by atoms with E-state index in [0.717, 1.165) is 25.0 Å². The minimum absolute atomic E-state index is 0.00107. The molecule has 2 fully saturated rings. The van der Waals surface area contributed by atoms with Gasteiger partial charge >= 0.3 is 0 Å². The summed E-state index contributed by atoms with van der Waals surface area (Å²) in [7, 11) is 1.64. The van der Waals surface area contributed by atoms with Gasteiger partial charge in [-0.2, -0.15) is 0 Å². The van der Waals surface area contributed by atoms with E-state index in [2.05, 4.69) is 0 Å². The van der Waals surface area contributed by atoms with Gasteiger partial charge in [0, 0.05) is 31.5 Å². The van der Waals surface area contributed by atoms with Gasteiger partial charge in [0.05, 0.1) is 6.10 Å². The molecule has 1 heterocycles. The summed E-state index contributed by atoms with van der Waals surface area (Å²) in [4.78, 5) is 14.6. The Kier molecular flexibility index (Phi) is 4.16. The lowest BCUT2D eigenvalue weighted by atomic mass is 9.46. The molecule has 1 aliphatic heterocycles. The molecular formula is C18H24F2N2O2. The fourth-order valence-electron chi connectivity index (χ4n) is 4.31. The molecule has 6 heteroatoms. The largest absolute Gasteiger partial charge is 0.377 e. The minimum Gasteiger partial charge on any atom is -0.377 e. The predicted octanol–water partition coefficient (Wildman–Crippen LogP) is 2.46. The lowest BCUT2D eigenvalue weighted by Gasteiger charge is -2.65. The summed E-state index contributed by atoms with van der Waals surface area (Å²) < 4.78 is 32.2. The third kappa shape index (κ3) is 2.35. The Morgan fingerprint density at radius 1 is 1.38 bits per heavy atom. The van der Waals surface area contributed by atoms with Crippen LogP contribution in [0, 0.1) is 23.0 Å². The molecule has 3 rings (SSSR count). The van der Waals surface area contributed by atoms with Crippen LogP contribution in [0.2, 0.25) is 0 Å². The smallest absolute Gasteiger partial charge is 0.243 e. The molecular weight excluding hydrogens is 314 g/mol. The van der Waals surface area contributed by atoms with Gasteiger partial charge in [0.1, 0.15) is 5.54 Å². The highest BCUT2D eigenvalue weighted by Gasteiger charge is 2.70. The van der Waals surface area contributed by atoms with Crippen LogP contribution in [-0.2, 0) is 16.1 Å². The third-order valence-electron chi connectivity index (χ3n) is 5.79. The number of nitrogens with two attached hydrogens (primary N) is 1. The van der Waals surface area contributed by atoms with Gasteiger partial charge in [-0.05, 0) is 30.5 Å². The summed E-state index contributed by atoms with van der Waals surface area (Å²) in [6, 6.07) is 3.66. The van der Waals surface area contributed by atoms with Gasteiger partial charge in [-0.1, -0.05) is 19.9 Å². The van der Waals surface area contributed by atoms with Crippen molar-refractivity contribution in [3.05, 3.63) is 35.4 Å². The molecule has 1 amide bonds. The first-order chi connectivity index (χ1) is 11.2. The van der Waals surface area contributed by atoms with E-state index in [1.54, 1.807) is 7.05 Å². The Labute approximate surface area is 141 Å². The van der Waals surface area contributed by atoms with E-state index >= 15 is 0 Å². The average molecular weight is 338 g/mol. The second-order valence-corrected chi connectivity index (χ2v) is 7.54. The van der Waals surface area contributed by atoms with E-state index < -0.39 is 22.6 Å². The number of nitrogens with zero attached hydrogens (tertiary/aromatic N) is 1. The molecule has 2 N–H and O–H groups in total. The molecule has 1 aliphatic carbocycles. The Morgan fingerprint density at radius 3 is 2.75 bits per heavy atom. The molecule has 0 bridgehead atoms. The van der Waals surface area contributed by atoms with E-state index in [0.29, 0.717) is 12.2 Å². The number of carbonyl (C=O) groups excluding carboxylic acids is 1. The standard InChI is InChI=1S/C18H24F2N2O2/c1-17(2)15-12(5-4-8-24-15)18(17,21)16(23)22(3)10-11-6-7-13(19)14(20)9-11/h6-7,9,12,15H,4-5,8,10,21H2,1-3H3. The SMILES string of the molecule is CN(Cc1ccc(F)c(F)c1)C(=O)C1(N)C2CCCOC2C1(C)C. The monoisotopic (exact) mass is 338 g/mol. The van der Waals surface area contributed by atoms with Gasteiger partial charge < -0.3 is 15.4 Å². The Hall–Kier alpha value is -1.53. The highest BCUT2D eigenvalue weighted by Crippen LogP contribution is 2.57. The highest BCUT2D eigenvalue weighted by molar-refractivity contribution is 5.89. The maximum Gasteiger partial charge on any atom is 0.243 e. The van der Waals surface area contributed by atoms with E-state index in [-0.39, 0.29) is 24.5 Å². The van der Waals surface area contributed by atoms with Crippen molar-refractivity contribution in [2.24, 2.45) is 17.1 Å². The number of likely N-dealkylation sites (N-methyl/N-ethyl adjacent to an activating group) is 1. The summed E-state index contributed by atoms with van der Waals surface area (Å²) in [6.45, 7) is 4.81. The first kappa shape index (κ1) is 17.3.